The van der Waals surface area contributed by atoms with E-state index in [0.717, 1.165) is 4.47 Å². The maximum Gasteiger partial charge on any atom is 0.256 e. The summed E-state index contributed by atoms with van der Waals surface area (Å²) >= 11 is 3.12. The smallest absolute Gasteiger partial charge is 0.207 e. The molecule has 0 saturated heterocycles. The standard InChI is InChI=1S/C7H5BrFO/c8-6-3-1-2-5(4-6)7(9)10/h1-4,7H. The Morgan fingerprint density at radius 2 is 2.20 bits per heavy atom. The molecule has 1 rings (SSSR count). The third-order valence-electron chi connectivity index (χ3n) is 1.11. The molecule has 0 amide bonds. The lowest BCUT2D eigenvalue weighted by molar-refractivity contribution is -0.0248. The van der Waals surface area contributed by atoms with E-state index in [1.807, 2.05) is 0 Å². The maximum absolute atomic E-state index is 12.0. The molecule has 1 nitrogen and oxygen atoms in total. The quantitative estimate of drug-likeness (QED) is 0.670. The zero-order valence-corrected chi connectivity index (χ0v) is 6.64. The van der Waals surface area contributed by atoms with Gasteiger partial charge in [-0.2, -0.15) is 5.11 Å². The molecule has 1 unspecified atom stereocenters. The summed E-state index contributed by atoms with van der Waals surface area (Å²) in [5.74, 6) is 0. The first-order chi connectivity index (χ1) is 4.70. The summed E-state index contributed by atoms with van der Waals surface area (Å²) in [5.41, 5.74) is 0.161. The molecule has 0 fully saturated rings. The van der Waals surface area contributed by atoms with Crippen molar-refractivity contribution < 1.29 is 9.50 Å². The van der Waals surface area contributed by atoms with Gasteiger partial charge in [-0.3, -0.25) is 0 Å². The van der Waals surface area contributed by atoms with Crippen LogP contribution in [0.2, 0.25) is 0 Å². The SMILES string of the molecule is [O]C(F)c1cccc(Br)c1. The van der Waals surface area contributed by atoms with Crippen molar-refractivity contribution in [2.24, 2.45) is 0 Å². The van der Waals surface area contributed by atoms with Gasteiger partial charge < -0.3 is 0 Å². The molecule has 10 heavy (non-hydrogen) atoms. The van der Waals surface area contributed by atoms with Gasteiger partial charge in [0.2, 0.25) is 0 Å². The van der Waals surface area contributed by atoms with Gasteiger partial charge in [0.25, 0.3) is 6.36 Å². The summed E-state index contributed by atoms with van der Waals surface area (Å²) < 4.78 is 12.8. The molecule has 1 radical (unpaired) electrons. The van der Waals surface area contributed by atoms with Gasteiger partial charge in [0.05, 0.1) is 0 Å². The van der Waals surface area contributed by atoms with Gasteiger partial charge in [-0.15, -0.1) is 0 Å². The van der Waals surface area contributed by atoms with Gasteiger partial charge in [0, 0.05) is 10.0 Å². The second kappa shape index (κ2) is 3.12. The second-order valence-electron chi connectivity index (χ2n) is 1.87. The van der Waals surface area contributed by atoms with Crippen LogP contribution in [-0.4, -0.2) is 0 Å². The van der Waals surface area contributed by atoms with Crippen molar-refractivity contribution in [1.82, 2.24) is 0 Å². The van der Waals surface area contributed by atoms with Crippen LogP contribution in [0.4, 0.5) is 4.39 Å². The number of hydrogen-bond donors (Lipinski definition) is 0. The lowest BCUT2D eigenvalue weighted by Gasteiger charge is -1.97. The van der Waals surface area contributed by atoms with Crippen molar-refractivity contribution in [2.45, 2.75) is 6.36 Å². The Morgan fingerprint density at radius 3 is 2.60 bits per heavy atom. The predicted molar refractivity (Wildman–Crippen MR) is 38.7 cm³/mol. The highest BCUT2D eigenvalue weighted by molar-refractivity contribution is 9.10. The highest BCUT2D eigenvalue weighted by Gasteiger charge is 2.04. The first-order valence-electron chi connectivity index (χ1n) is 2.75. The topological polar surface area (TPSA) is 19.9 Å². The summed E-state index contributed by atoms with van der Waals surface area (Å²) in [4.78, 5) is 0. The van der Waals surface area contributed by atoms with Gasteiger partial charge in [0.15, 0.2) is 0 Å². The molecular weight excluding hydrogens is 199 g/mol. The van der Waals surface area contributed by atoms with E-state index in [0.29, 0.717) is 0 Å². The summed E-state index contributed by atoms with van der Waals surface area (Å²) in [5, 5.41) is 10.2. The Kier molecular flexibility index (Phi) is 2.40. The van der Waals surface area contributed by atoms with E-state index in [1.165, 1.54) is 12.1 Å². The lowest BCUT2D eigenvalue weighted by Crippen LogP contribution is -1.85. The molecule has 1 atom stereocenters. The molecule has 1 aromatic carbocycles. The van der Waals surface area contributed by atoms with Crippen LogP contribution >= 0.6 is 15.9 Å². The third-order valence-corrected chi connectivity index (χ3v) is 1.60. The van der Waals surface area contributed by atoms with Crippen molar-refractivity contribution in [3.63, 3.8) is 0 Å². The molecule has 0 aliphatic carbocycles. The van der Waals surface area contributed by atoms with E-state index in [-0.39, 0.29) is 5.56 Å². The Hall–Kier alpha value is -0.410. The fourth-order valence-corrected chi connectivity index (χ4v) is 1.06. The molecule has 0 saturated carbocycles. The van der Waals surface area contributed by atoms with Gasteiger partial charge in [-0.1, -0.05) is 28.1 Å². The number of rotatable bonds is 1. The molecule has 0 heterocycles. The number of halogens is 2. The molecular formula is C7H5BrFO. The van der Waals surface area contributed by atoms with Crippen LogP contribution in [0, 0.1) is 0 Å². The fourth-order valence-electron chi connectivity index (χ4n) is 0.648. The van der Waals surface area contributed by atoms with Gasteiger partial charge >= 0.3 is 0 Å². The van der Waals surface area contributed by atoms with E-state index in [9.17, 15) is 9.50 Å². The predicted octanol–water partition coefficient (Wildman–Crippen LogP) is 2.85. The Morgan fingerprint density at radius 1 is 1.50 bits per heavy atom. The molecule has 0 bridgehead atoms. The first kappa shape index (κ1) is 7.69. The van der Waals surface area contributed by atoms with Crippen LogP contribution in [0.15, 0.2) is 28.7 Å². The van der Waals surface area contributed by atoms with Crippen molar-refractivity contribution in [3.05, 3.63) is 34.3 Å². The van der Waals surface area contributed by atoms with Crippen molar-refractivity contribution in [2.75, 3.05) is 0 Å². The molecule has 0 spiro atoms. The average molecular weight is 204 g/mol. The normalized spacial score (nSPS) is 13.1. The maximum atomic E-state index is 12.0. The summed E-state index contributed by atoms with van der Waals surface area (Å²) in [6.45, 7) is 0. The van der Waals surface area contributed by atoms with Gasteiger partial charge in [-0.25, -0.2) is 4.39 Å². The van der Waals surface area contributed by atoms with Gasteiger partial charge in [0.1, 0.15) is 0 Å². The second-order valence-corrected chi connectivity index (χ2v) is 2.79. The minimum absolute atomic E-state index is 0.161. The summed E-state index contributed by atoms with van der Waals surface area (Å²) in [6.07, 6.45) is -2.13. The van der Waals surface area contributed by atoms with E-state index < -0.39 is 6.36 Å². The van der Waals surface area contributed by atoms with Crippen LogP contribution in [-0.2, 0) is 5.11 Å². The van der Waals surface area contributed by atoms with Crippen molar-refractivity contribution in [1.29, 1.82) is 0 Å². The molecule has 0 aromatic heterocycles. The molecule has 0 N–H and O–H groups in total. The van der Waals surface area contributed by atoms with Gasteiger partial charge in [-0.05, 0) is 12.1 Å². The van der Waals surface area contributed by atoms with Crippen LogP contribution < -0.4 is 0 Å². The Balaban J connectivity index is 2.96. The van der Waals surface area contributed by atoms with Crippen LogP contribution in [0.1, 0.15) is 11.9 Å². The third kappa shape index (κ3) is 1.78. The Bertz CT molecular complexity index is 225. The monoisotopic (exact) mass is 203 g/mol. The number of alkyl halides is 1. The van der Waals surface area contributed by atoms with Crippen LogP contribution in [0.5, 0.6) is 0 Å². The molecule has 1 aromatic rings. The fraction of sp³-hybridized carbons (Fsp3) is 0.143. The Labute approximate surface area is 66.6 Å². The molecule has 0 aliphatic rings. The van der Waals surface area contributed by atoms with Crippen molar-refractivity contribution in [3.8, 4) is 0 Å². The highest BCUT2D eigenvalue weighted by atomic mass is 79.9. The van der Waals surface area contributed by atoms with E-state index >= 15 is 0 Å². The summed E-state index contributed by atoms with van der Waals surface area (Å²) in [6, 6.07) is 6.30. The van der Waals surface area contributed by atoms with Crippen molar-refractivity contribution >= 4 is 15.9 Å². The average Bonchev–Trinajstić information content (AvgIpc) is 1.88. The van der Waals surface area contributed by atoms with Crippen LogP contribution in [0.25, 0.3) is 0 Å². The van der Waals surface area contributed by atoms with E-state index in [4.69, 9.17) is 0 Å². The molecule has 0 aliphatic heterocycles. The number of hydrogen-bond acceptors (Lipinski definition) is 0. The largest absolute Gasteiger partial charge is 0.256 e. The first-order valence-corrected chi connectivity index (χ1v) is 3.55. The molecule has 53 valence electrons. The number of benzene rings is 1. The minimum Gasteiger partial charge on any atom is -0.207 e. The minimum atomic E-state index is -2.13. The zero-order chi connectivity index (χ0) is 7.56. The lowest BCUT2D eigenvalue weighted by atomic mass is 10.2. The molecule has 3 heteroatoms. The highest BCUT2D eigenvalue weighted by Crippen LogP contribution is 2.18. The van der Waals surface area contributed by atoms with Crippen LogP contribution in [0.3, 0.4) is 0 Å². The van der Waals surface area contributed by atoms with E-state index in [1.54, 1.807) is 12.1 Å². The summed E-state index contributed by atoms with van der Waals surface area (Å²) in [7, 11) is 0. The zero-order valence-electron chi connectivity index (χ0n) is 5.05. The van der Waals surface area contributed by atoms with E-state index in [2.05, 4.69) is 15.9 Å².